The second-order valence-corrected chi connectivity index (χ2v) is 5.98. The summed E-state index contributed by atoms with van der Waals surface area (Å²) in [7, 11) is 0. The average Bonchev–Trinajstić information content (AvgIpc) is 2.24. The molecule has 0 bridgehead atoms. The molecule has 0 heterocycles. The minimum absolute atomic E-state index is 0.410. The van der Waals surface area contributed by atoms with Crippen LogP contribution in [0.15, 0.2) is 0 Å². The van der Waals surface area contributed by atoms with Crippen LogP contribution < -0.4 is 0 Å². The molecule has 0 N–H and O–H groups in total. The first-order chi connectivity index (χ1) is 7.63. The Kier molecular flexibility index (Phi) is 10.6. The minimum Gasteiger partial charge on any atom is -0.123 e. The molecule has 98 valence electrons. The highest BCUT2D eigenvalue weighted by Crippen LogP contribution is 2.24. The molecule has 3 unspecified atom stereocenters. The van der Waals surface area contributed by atoms with Crippen molar-refractivity contribution in [3.63, 3.8) is 0 Å². The van der Waals surface area contributed by atoms with Gasteiger partial charge in [-0.05, 0) is 31.1 Å². The molecule has 0 saturated carbocycles. The lowest BCUT2D eigenvalue weighted by Gasteiger charge is -2.18. The third-order valence-electron chi connectivity index (χ3n) is 3.60. The zero-order valence-electron chi connectivity index (χ0n) is 11.8. The molecule has 0 amide bonds. The molecule has 1 heteroatoms. The Balaban J connectivity index is 3.65. The maximum atomic E-state index is 6.41. The summed E-state index contributed by atoms with van der Waals surface area (Å²) in [6.07, 6.45) is 10.4. The molecule has 3 atom stereocenters. The molecule has 0 fully saturated rings. The fourth-order valence-corrected chi connectivity index (χ4v) is 2.97. The first-order valence-corrected chi connectivity index (χ1v) is 7.71. The Morgan fingerprint density at radius 3 is 2.00 bits per heavy atom. The van der Waals surface area contributed by atoms with E-state index in [1.165, 1.54) is 51.4 Å². The molecule has 0 rings (SSSR count). The van der Waals surface area contributed by atoms with Gasteiger partial charge in [0, 0.05) is 5.38 Å². The number of rotatable bonds is 10. The van der Waals surface area contributed by atoms with Gasteiger partial charge in [-0.25, -0.2) is 0 Å². The summed E-state index contributed by atoms with van der Waals surface area (Å²) in [5.74, 6) is 1.71. The molecule has 0 aliphatic carbocycles. The van der Waals surface area contributed by atoms with Gasteiger partial charge in [-0.2, -0.15) is 0 Å². The Morgan fingerprint density at radius 1 is 0.875 bits per heavy atom. The van der Waals surface area contributed by atoms with Crippen LogP contribution in [-0.4, -0.2) is 5.38 Å². The summed E-state index contributed by atoms with van der Waals surface area (Å²) >= 11 is 6.41. The quantitative estimate of drug-likeness (QED) is 0.413. The largest absolute Gasteiger partial charge is 0.123 e. The van der Waals surface area contributed by atoms with E-state index >= 15 is 0 Å². The Morgan fingerprint density at radius 2 is 1.50 bits per heavy atom. The second kappa shape index (κ2) is 10.4. The van der Waals surface area contributed by atoms with Gasteiger partial charge in [0.25, 0.3) is 0 Å². The van der Waals surface area contributed by atoms with Crippen molar-refractivity contribution in [3.05, 3.63) is 0 Å². The van der Waals surface area contributed by atoms with Gasteiger partial charge in [0.15, 0.2) is 0 Å². The second-order valence-electron chi connectivity index (χ2n) is 5.37. The van der Waals surface area contributed by atoms with Gasteiger partial charge in [-0.15, -0.1) is 11.6 Å². The van der Waals surface area contributed by atoms with Gasteiger partial charge in [0.2, 0.25) is 0 Å². The van der Waals surface area contributed by atoms with E-state index in [-0.39, 0.29) is 0 Å². The van der Waals surface area contributed by atoms with Crippen molar-refractivity contribution < 1.29 is 0 Å². The van der Waals surface area contributed by atoms with E-state index < -0.39 is 0 Å². The SMILES string of the molecule is CCCC(C)CC(Cl)CCC(CC)CCC. The van der Waals surface area contributed by atoms with Crippen molar-refractivity contribution >= 4 is 11.6 Å². The van der Waals surface area contributed by atoms with Gasteiger partial charge in [-0.1, -0.05) is 59.8 Å². The lowest BCUT2D eigenvalue weighted by atomic mass is 9.92. The van der Waals surface area contributed by atoms with Crippen LogP contribution in [0.1, 0.15) is 79.1 Å². The molecule has 0 aliphatic heterocycles. The highest BCUT2D eigenvalue weighted by Gasteiger charge is 2.12. The zero-order chi connectivity index (χ0) is 12.4. The van der Waals surface area contributed by atoms with Crippen LogP contribution in [0.5, 0.6) is 0 Å². The first kappa shape index (κ1) is 16.3. The van der Waals surface area contributed by atoms with Gasteiger partial charge < -0.3 is 0 Å². The van der Waals surface area contributed by atoms with Crippen LogP contribution in [0.25, 0.3) is 0 Å². The molecule has 0 aromatic heterocycles. The van der Waals surface area contributed by atoms with Gasteiger partial charge >= 0.3 is 0 Å². The lowest BCUT2D eigenvalue weighted by Crippen LogP contribution is -2.09. The molecule has 0 spiro atoms. The van der Waals surface area contributed by atoms with Crippen LogP contribution in [0, 0.1) is 11.8 Å². The summed E-state index contributed by atoms with van der Waals surface area (Å²) < 4.78 is 0. The number of halogens is 1. The average molecular weight is 247 g/mol. The standard InChI is InChI=1S/C15H31Cl/c1-5-8-13(4)12-15(16)11-10-14(7-3)9-6-2/h13-15H,5-12H2,1-4H3. The summed E-state index contributed by atoms with van der Waals surface area (Å²) in [5, 5.41) is 0.410. The third-order valence-corrected chi connectivity index (χ3v) is 4.00. The lowest BCUT2D eigenvalue weighted by molar-refractivity contribution is 0.393. The fraction of sp³-hybridized carbons (Fsp3) is 1.00. The van der Waals surface area contributed by atoms with E-state index in [1.54, 1.807) is 0 Å². The summed E-state index contributed by atoms with van der Waals surface area (Å²) in [6, 6.07) is 0. The van der Waals surface area contributed by atoms with Gasteiger partial charge in [-0.3, -0.25) is 0 Å². The molecule has 0 saturated heterocycles. The van der Waals surface area contributed by atoms with E-state index in [4.69, 9.17) is 11.6 Å². The summed E-state index contributed by atoms with van der Waals surface area (Å²) in [5.41, 5.74) is 0. The molecule has 0 aromatic carbocycles. The smallest absolute Gasteiger partial charge is 0.0338 e. The van der Waals surface area contributed by atoms with Crippen molar-refractivity contribution in [1.82, 2.24) is 0 Å². The normalized spacial score (nSPS) is 17.1. The Hall–Kier alpha value is 0.290. The van der Waals surface area contributed by atoms with E-state index in [1.807, 2.05) is 0 Å². The van der Waals surface area contributed by atoms with Crippen molar-refractivity contribution in [1.29, 1.82) is 0 Å². The van der Waals surface area contributed by atoms with Crippen LogP contribution in [-0.2, 0) is 0 Å². The number of hydrogen-bond donors (Lipinski definition) is 0. The summed E-state index contributed by atoms with van der Waals surface area (Å²) in [4.78, 5) is 0. The molecule has 0 aliphatic rings. The molecule has 0 radical (unpaired) electrons. The maximum Gasteiger partial charge on any atom is 0.0338 e. The predicted molar refractivity (Wildman–Crippen MR) is 76.3 cm³/mol. The van der Waals surface area contributed by atoms with Crippen molar-refractivity contribution in [3.8, 4) is 0 Å². The minimum atomic E-state index is 0.410. The predicted octanol–water partition coefficient (Wildman–Crippen LogP) is 6.03. The first-order valence-electron chi connectivity index (χ1n) is 7.27. The maximum absolute atomic E-state index is 6.41. The highest BCUT2D eigenvalue weighted by molar-refractivity contribution is 6.20. The van der Waals surface area contributed by atoms with Gasteiger partial charge in [0.05, 0.1) is 0 Å². The van der Waals surface area contributed by atoms with Crippen molar-refractivity contribution in [2.24, 2.45) is 11.8 Å². The van der Waals surface area contributed by atoms with Crippen molar-refractivity contribution in [2.45, 2.75) is 84.4 Å². The van der Waals surface area contributed by atoms with E-state index in [0.717, 1.165) is 11.8 Å². The summed E-state index contributed by atoms with van der Waals surface area (Å²) in [6.45, 7) is 9.18. The van der Waals surface area contributed by atoms with Gasteiger partial charge in [0.1, 0.15) is 0 Å². The van der Waals surface area contributed by atoms with E-state index in [2.05, 4.69) is 27.7 Å². The number of alkyl halides is 1. The Bertz CT molecular complexity index is 144. The fourth-order valence-electron chi connectivity index (χ4n) is 2.54. The zero-order valence-corrected chi connectivity index (χ0v) is 12.5. The molecule has 0 aromatic rings. The topological polar surface area (TPSA) is 0 Å². The third kappa shape index (κ3) is 8.44. The van der Waals surface area contributed by atoms with Crippen molar-refractivity contribution in [2.75, 3.05) is 0 Å². The van der Waals surface area contributed by atoms with E-state index in [0.29, 0.717) is 5.38 Å². The van der Waals surface area contributed by atoms with Crippen LogP contribution in [0.3, 0.4) is 0 Å². The van der Waals surface area contributed by atoms with Crippen LogP contribution in [0.4, 0.5) is 0 Å². The molecular weight excluding hydrogens is 216 g/mol. The van der Waals surface area contributed by atoms with Crippen LogP contribution in [0.2, 0.25) is 0 Å². The van der Waals surface area contributed by atoms with Crippen LogP contribution >= 0.6 is 11.6 Å². The Labute approximate surface area is 108 Å². The monoisotopic (exact) mass is 246 g/mol. The molecular formula is C15H31Cl. The molecule has 16 heavy (non-hydrogen) atoms. The molecule has 0 nitrogen and oxygen atoms in total. The highest BCUT2D eigenvalue weighted by atomic mass is 35.5. The van der Waals surface area contributed by atoms with E-state index in [9.17, 15) is 0 Å². The number of hydrogen-bond acceptors (Lipinski definition) is 0.